The number of hydrogen-bond acceptors (Lipinski definition) is 2. The van der Waals surface area contributed by atoms with Crippen molar-refractivity contribution in [1.29, 1.82) is 0 Å². The van der Waals surface area contributed by atoms with E-state index in [0.717, 1.165) is 12.5 Å². The zero-order valence-corrected chi connectivity index (χ0v) is 13.4. The zero-order chi connectivity index (χ0) is 13.9. The van der Waals surface area contributed by atoms with Crippen molar-refractivity contribution in [3.05, 3.63) is 0 Å². The number of likely N-dealkylation sites (tertiary alicyclic amines) is 1. The summed E-state index contributed by atoms with van der Waals surface area (Å²) in [7, 11) is 0. The first-order valence-corrected chi connectivity index (χ1v) is 8.43. The lowest BCUT2D eigenvalue weighted by atomic mass is 9.85. The summed E-state index contributed by atoms with van der Waals surface area (Å²) in [6.07, 6.45) is 10.9. The van der Waals surface area contributed by atoms with Crippen LogP contribution in [0, 0.1) is 11.3 Å². The van der Waals surface area contributed by atoms with Gasteiger partial charge in [-0.3, -0.25) is 4.90 Å². The molecule has 0 aromatic rings. The summed E-state index contributed by atoms with van der Waals surface area (Å²) in [5.74, 6) is 0.900. The van der Waals surface area contributed by atoms with Gasteiger partial charge in [-0.2, -0.15) is 0 Å². The van der Waals surface area contributed by atoms with Gasteiger partial charge in [0.2, 0.25) is 0 Å². The Morgan fingerprint density at radius 2 is 1.79 bits per heavy atom. The van der Waals surface area contributed by atoms with Gasteiger partial charge in [0.1, 0.15) is 0 Å². The Bertz CT molecular complexity index is 287. The first kappa shape index (κ1) is 15.3. The predicted octanol–water partition coefficient (Wildman–Crippen LogP) is 3.80. The molecule has 2 fully saturated rings. The molecular weight excluding hydrogens is 232 g/mol. The first-order valence-electron chi connectivity index (χ1n) is 8.43. The third-order valence-corrected chi connectivity index (χ3v) is 5.83. The van der Waals surface area contributed by atoms with Crippen LogP contribution in [0.2, 0.25) is 0 Å². The number of nitrogens with two attached hydrogens (primary N) is 1. The fraction of sp³-hybridized carbons (Fsp3) is 1.00. The van der Waals surface area contributed by atoms with Crippen LogP contribution in [0.1, 0.15) is 72.1 Å². The summed E-state index contributed by atoms with van der Waals surface area (Å²) in [4.78, 5) is 2.78. The van der Waals surface area contributed by atoms with Gasteiger partial charge in [0, 0.05) is 12.1 Å². The average Bonchev–Trinajstić information content (AvgIpc) is 2.66. The van der Waals surface area contributed by atoms with Gasteiger partial charge in [-0.05, 0) is 62.9 Å². The summed E-state index contributed by atoms with van der Waals surface area (Å²) in [6, 6.07) is 0. The van der Waals surface area contributed by atoms with Crippen molar-refractivity contribution in [2.75, 3.05) is 19.6 Å². The molecular formula is C17H34N2. The molecule has 1 saturated carbocycles. The molecule has 1 saturated heterocycles. The third kappa shape index (κ3) is 3.72. The normalized spacial score (nSPS) is 37.6. The summed E-state index contributed by atoms with van der Waals surface area (Å²) in [6.45, 7) is 10.7. The highest BCUT2D eigenvalue weighted by Crippen LogP contribution is 2.38. The summed E-state index contributed by atoms with van der Waals surface area (Å²) in [5, 5.41) is 0. The lowest BCUT2D eigenvalue weighted by Crippen LogP contribution is -2.54. The Kier molecular flexibility index (Phi) is 4.94. The highest BCUT2D eigenvalue weighted by Gasteiger charge is 2.38. The maximum atomic E-state index is 6.26. The lowest BCUT2D eigenvalue weighted by Gasteiger charge is -2.43. The molecule has 2 rings (SSSR count). The smallest absolute Gasteiger partial charge is 0.0331 e. The summed E-state index contributed by atoms with van der Waals surface area (Å²) < 4.78 is 0. The molecule has 0 spiro atoms. The topological polar surface area (TPSA) is 29.3 Å². The lowest BCUT2D eigenvalue weighted by molar-refractivity contribution is 0.0776. The number of nitrogens with zero attached hydrogens (tertiary/aromatic N) is 1. The van der Waals surface area contributed by atoms with E-state index < -0.39 is 0 Å². The molecule has 2 unspecified atom stereocenters. The van der Waals surface area contributed by atoms with E-state index in [1.807, 2.05) is 0 Å². The van der Waals surface area contributed by atoms with Gasteiger partial charge >= 0.3 is 0 Å². The Hall–Kier alpha value is -0.0800. The van der Waals surface area contributed by atoms with Crippen LogP contribution in [0.3, 0.4) is 0 Å². The molecule has 2 atom stereocenters. The Balaban J connectivity index is 2.07. The van der Waals surface area contributed by atoms with Crippen LogP contribution in [0.4, 0.5) is 0 Å². The van der Waals surface area contributed by atoms with Crippen molar-refractivity contribution < 1.29 is 0 Å². The van der Waals surface area contributed by atoms with Crippen molar-refractivity contribution in [1.82, 2.24) is 4.90 Å². The van der Waals surface area contributed by atoms with Gasteiger partial charge < -0.3 is 5.73 Å². The van der Waals surface area contributed by atoms with E-state index in [1.165, 1.54) is 64.5 Å². The van der Waals surface area contributed by atoms with Crippen LogP contribution < -0.4 is 5.73 Å². The molecule has 19 heavy (non-hydrogen) atoms. The Morgan fingerprint density at radius 3 is 2.53 bits per heavy atom. The van der Waals surface area contributed by atoms with Gasteiger partial charge in [-0.15, -0.1) is 0 Å². The highest BCUT2D eigenvalue weighted by atomic mass is 15.2. The first-order chi connectivity index (χ1) is 8.97. The quantitative estimate of drug-likeness (QED) is 0.770. The monoisotopic (exact) mass is 266 g/mol. The largest absolute Gasteiger partial charge is 0.329 e. The highest BCUT2D eigenvalue weighted by molar-refractivity contribution is 4.95. The molecule has 0 bridgehead atoms. The molecule has 1 aliphatic heterocycles. The minimum Gasteiger partial charge on any atom is -0.329 e. The van der Waals surface area contributed by atoms with Gasteiger partial charge in [-0.25, -0.2) is 0 Å². The van der Waals surface area contributed by atoms with Crippen LogP contribution in [0.15, 0.2) is 0 Å². The van der Waals surface area contributed by atoms with Crippen LogP contribution in [-0.2, 0) is 0 Å². The third-order valence-electron chi connectivity index (χ3n) is 5.83. The average molecular weight is 266 g/mol. The van der Waals surface area contributed by atoms with E-state index in [0.29, 0.717) is 11.0 Å². The van der Waals surface area contributed by atoms with E-state index >= 15 is 0 Å². The van der Waals surface area contributed by atoms with Crippen LogP contribution in [-0.4, -0.2) is 30.1 Å². The van der Waals surface area contributed by atoms with E-state index in [2.05, 4.69) is 25.7 Å². The van der Waals surface area contributed by atoms with E-state index in [-0.39, 0.29) is 0 Å². The van der Waals surface area contributed by atoms with Crippen molar-refractivity contribution in [3.63, 3.8) is 0 Å². The molecule has 0 aromatic carbocycles. The van der Waals surface area contributed by atoms with Crippen molar-refractivity contribution in [3.8, 4) is 0 Å². The number of hydrogen-bond donors (Lipinski definition) is 1. The van der Waals surface area contributed by atoms with Crippen LogP contribution in [0.5, 0.6) is 0 Å². The second-order valence-corrected chi connectivity index (χ2v) is 7.97. The molecule has 1 heterocycles. The maximum Gasteiger partial charge on any atom is 0.0331 e. The fourth-order valence-corrected chi connectivity index (χ4v) is 4.11. The van der Waals surface area contributed by atoms with E-state index in [9.17, 15) is 0 Å². The predicted molar refractivity (Wildman–Crippen MR) is 83.2 cm³/mol. The minimum absolute atomic E-state index is 0.325. The Morgan fingerprint density at radius 1 is 1.00 bits per heavy atom. The van der Waals surface area contributed by atoms with Gasteiger partial charge in [0.25, 0.3) is 0 Å². The van der Waals surface area contributed by atoms with Gasteiger partial charge in [0.05, 0.1) is 0 Å². The van der Waals surface area contributed by atoms with Crippen LogP contribution >= 0.6 is 0 Å². The molecule has 1 aliphatic carbocycles. The van der Waals surface area contributed by atoms with Gasteiger partial charge in [-0.1, -0.05) is 33.6 Å². The van der Waals surface area contributed by atoms with E-state index in [1.54, 1.807) is 0 Å². The maximum absolute atomic E-state index is 6.26. The molecule has 0 aromatic heterocycles. The summed E-state index contributed by atoms with van der Waals surface area (Å²) >= 11 is 0. The minimum atomic E-state index is 0.325. The van der Waals surface area contributed by atoms with Crippen LogP contribution in [0.25, 0.3) is 0 Å². The molecule has 0 amide bonds. The van der Waals surface area contributed by atoms with E-state index in [4.69, 9.17) is 5.73 Å². The Labute approximate surface area is 120 Å². The molecule has 2 N–H and O–H groups in total. The zero-order valence-electron chi connectivity index (χ0n) is 13.4. The van der Waals surface area contributed by atoms with Crippen molar-refractivity contribution >= 4 is 0 Å². The standard InChI is InChI=1S/C17H34N2/c1-15-6-4-9-17(14-18,10-7-15)19-12-5-8-16(2,3)11-13-19/h15H,4-14,18H2,1-3H3. The van der Waals surface area contributed by atoms with Crippen molar-refractivity contribution in [2.45, 2.75) is 77.7 Å². The second kappa shape index (κ2) is 6.13. The SMILES string of the molecule is CC1CCCC(CN)(N2CCCC(C)(C)CC2)CC1. The second-order valence-electron chi connectivity index (χ2n) is 7.97. The molecule has 2 aliphatic rings. The molecule has 2 heteroatoms. The fourth-order valence-electron chi connectivity index (χ4n) is 4.11. The molecule has 2 nitrogen and oxygen atoms in total. The molecule has 112 valence electrons. The molecule has 0 radical (unpaired) electrons. The van der Waals surface area contributed by atoms with Gasteiger partial charge in [0.15, 0.2) is 0 Å². The summed E-state index contributed by atoms with van der Waals surface area (Å²) in [5.41, 5.74) is 7.12. The number of rotatable bonds is 2. The van der Waals surface area contributed by atoms with Crippen molar-refractivity contribution in [2.24, 2.45) is 17.1 Å².